The van der Waals surface area contributed by atoms with Gasteiger partial charge in [0, 0.05) is 0 Å². The standard InChI is InChI=1S/C14H12ClNO3/c1-8-4-2-6-10(15)12(8)16-14(19)9-5-3-7-11(17)13(9)18/h2-7,17-18H,1H3,(H,16,19). The van der Waals surface area contributed by atoms with Crippen molar-refractivity contribution in [3.8, 4) is 11.5 Å². The van der Waals surface area contributed by atoms with Crippen molar-refractivity contribution < 1.29 is 15.0 Å². The second-order valence-corrected chi connectivity index (χ2v) is 4.47. The van der Waals surface area contributed by atoms with Gasteiger partial charge in [-0.05, 0) is 30.7 Å². The topological polar surface area (TPSA) is 69.6 Å². The third kappa shape index (κ3) is 2.63. The van der Waals surface area contributed by atoms with Crippen molar-refractivity contribution >= 4 is 23.2 Å². The average molecular weight is 278 g/mol. The lowest BCUT2D eigenvalue weighted by Gasteiger charge is -2.11. The molecule has 0 aliphatic heterocycles. The summed E-state index contributed by atoms with van der Waals surface area (Å²) in [5.74, 6) is -1.34. The van der Waals surface area contributed by atoms with Crippen LogP contribution in [0.15, 0.2) is 36.4 Å². The van der Waals surface area contributed by atoms with Crippen molar-refractivity contribution in [2.24, 2.45) is 0 Å². The van der Waals surface area contributed by atoms with Crippen LogP contribution in [-0.4, -0.2) is 16.1 Å². The number of para-hydroxylation sites is 2. The number of phenolic OH excluding ortho intramolecular Hbond substituents is 2. The predicted molar refractivity (Wildman–Crippen MR) is 73.9 cm³/mol. The molecule has 0 saturated carbocycles. The van der Waals surface area contributed by atoms with Crippen LogP contribution in [0.25, 0.3) is 0 Å². The van der Waals surface area contributed by atoms with Gasteiger partial charge in [-0.15, -0.1) is 0 Å². The number of phenols is 2. The van der Waals surface area contributed by atoms with Crippen LogP contribution in [0.4, 0.5) is 5.69 Å². The summed E-state index contributed by atoms with van der Waals surface area (Å²) in [7, 11) is 0. The lowest BCUT2D eigenvalue weighted by molar-refractivity contribution is 0.102. The minimum atomic E-state index is -0.537. The normalized spacial score (nSPS) is 10.2. The van der Waals surface area contributed by atoms with E-state index in [-0.39, 0.29) is 11.3 Å². The number of amides is 1. The number of carbonyl (C=O) groups is 1. The molecule has 0 spiro atoms. The van der Waals surface area contributed by atoms with E-state index in [0.717, 1.165) is 5.56 Å². The van der Waals surface area contributed by atoms with Crippen molar-refractivity contribution in [1.29, 1.82) is 0 Å². The van der Waals surface area contributed by atoms with Gasteiger partial charge in [0.05, 0.1) is 16.3 Å². The second-order valence-electron chi connectivity index (χ2n) is 4.06. The molecule has 2 aromatic carbocycles. The van der Waals surface area contributed by atoms with Crippen LogP contribution in [-0.2, 0) is 0 Å². The minimum Gasteiger partial charge on any atom is -0.504 e. The highest BCUT2D eigenvalue weighted by Gasteiger charge is 2.15. The molecule has 4 nitrogen and oxygen atoms in total. The Morgan fingerprint density at radius 3 is 2.53 bits per heavy atom. The van der Waals surface area contributed by atoms with E-state index in [0.29, 0.717) is 10.7 Å². The molecule has 0 atom stereocenters. The minimum absolute atomic E-state index is 0.0145. The van der Waals surface area contributed by atoms with Crippen molar-refractivity contribution in [3.05, 3.63) is 52.5 Å². The fraction of sp³-hybridized carbons (Fsp3) is 0.0714. The Morgan fingerprint density at radius 2 is 1.84 bits per heavy atom. The third-order valence-corrected chi connectivity index (χ3v) is 3.03. The highest BCUT2D eigenvalue weighted by molar-refractivity contribution is 6.34. The number of nitrogens with one attached hydrogen (secondary N) is 1. The van der Waals surface area contributed by atoms with Gasteiger partial charge in [0.2, 0.25) is 0 Å². The number of hydrogen-bond donors (Lipinski definition) is 3. The van der Waals surface area contributed by atoms with Gasteiger partial charge in [-0.2, -0.15) is 0 Å². The van der Waals surface area contributed by atoms with Crippen LogP contribution in [0.2, 0.25) is 5.02 Å². The van der Waals surface area contributed by atoms with E-state index >= 15 is 0 Å². The van der Waals surface area contributed by atoms with Crippen LogP contribution in [0.5, 0.6) is 11.5 Å². The molecule has 0 radical (unpaired) electrons. The zero-order valence-corrected chi connectivity index (χ0v) is 10.9. The molecule has 1 amide bonds. The number of anilines is 1. The highest BCUT2D eigenvalue weighted by atomic mass is 35.5. The quantitative estimate of drug-likeness (QED) is 0.738. The molecule has 0 aliphatic rings. The molecule has 98 valence electrons. The van der Waals surface area contributed by atoms with Gasteiger partial charge in [0.1, 0.15) is 0 Å². The molecule has 0 aromatic heterocycles. The zero-order chi connectivity index (χ0) is 14.0. The van der Waals surface area contributed by atoms with Crippen LogP contribution < -0.4 is 5.32 Å². The first-order chi connectivity index (χ1) is 9.00. The Hall–Kier alpha value is -2.20. The molecule has 0 heterocycles. The van der Waals surface area contributed by atoms with Crippen LogP contribution in [0, 0.1) is 6.92 Å². The van der Waals surface area contributed by atoms with E-state index < -0.39 is 11.7 Å². The summed E-state index contributed by atoms with van der Waals surface area (Å²) in [6, 6.07) is 9.43. The van der Waals surface area contributed by atoms with E-state index in [9.17, 15) is 15.0 Å². The summed E-state index contributed by atoms with van der Waals surface area (Å²) >= 11 is 6.01. The summed E-state index contributed by atoms with van der Waals surface area (Å²) in [6.45, 7) is 1.81. The SMILES string of the molecule is Cc1cccc(Cl)c1NC(=O)c1cccc(O)c1O. The molecule has 0 fully saturated rings. The van der Waals surface area contributed by atoms with Gasteiger partial charge >= 0.3 is 0 Å². The molecule has 3 N–H and O–H groups in total. The van der Waals surface area contributed by atoms with Gasteiger partial charge in [-0.1, -0.05) is 29.8 Å². The summed E-state index contributed by atoms with van der Waals surface area (Å²) in [5, 5.41) is 22.0. The van der Waals surface area contributed by atoms with Gasteiger partial charge in [0.25, 0.3) is 5.91 Å². The number of benzene rings is 2. The van der Waals surface area contributed by atoms with Crippen molar-refractivity contribution in [1.82, 2.24) is 0 Å². The largest absolute Gasteiger partial charge is 0.504 e. The molecule has 0 bridgehead atoms. The summed E-state index contributed by atoms with van der Waals surface area (Å²) in [4.78, 5) is 12.1. The van der Waals surface area contributed by atoms with E-state index in [1.54, 1.807) is 12.1 Å². The molecule has 5 heteroatoms. The summed E-state index contributed by atoms with van der Waals surface area (Å²) in [5.41, 5.74) is 1.27. The molecule has 2 aromatic rings. The smallest absolute Gasteiger partial charge is 0.259 e. The van der Waals surface area contributed by atoms with E-state index in [2.05, 4.69) is 5.32 Å². The maximum atomic E-state index is 12.1. The molecular weight excluding hydrogens is 266 g/mol. The first kappa shape index (κ1) is 13.2. The molecular formula is C14H12ClNO3. The van der Waals surface area contributed by atoms with E-state index in [4.69, 9.17) is 11.6 Å². The van der Waals surface area contributed by atoms with Gasteiger partial charge in [-0.25, -0.2) is 0 Å². The average Bonchev–Trinajstić information content (AvgIpc) is 2.37. The number of halogens is 1. The fourth-order valence-corrected chi connectivity index (χ4v) is 1.95. The summed E-state index contributed by atoms with van der Waals surface area (Å²) in [6.07, 6.45) is 0. The molecule has 0 aliphatic carbocycles. The number of aromatic hydroxyl groups is 2. The van der Waals surface area contributed by atoms with Crippen molar-refractivity contribution in [3.63, 3.8) is 0 Å². The number of carbonyl (C=O) groups excluding carboxylic acids is 1. The Balaban J connectivity index is 2.34. The Labute approximate surface area is 115 Å². The van der Waals surface area contributed by atoms with Gasteiger partial charge in [0.15, 0.2) is 11.5 Å². The van der Waals surface area contributed by atoms with Crippen LogP contribution in [0.3, 0.4) is 0 Å². The van der Waals surface area contributed by atoms with Gasteiger partial charge in [-0.3, -0.25) is 4.79 Å². The second kappa shape index (κ2) is 5.20. The molecule has 19 heavy (non-hydrogen) atoms. The van der Waals surface area contributed by atoms with Crippen LogP contribution >= 0.6 is 11.6 Å². The third-order valence-electron chi connectivity index (χ3n) is 2.72. The van der Waals surface area contributed by atoms with Gasteiger partial charge < -0.3 is 15.5 Å². The van der Waals surface area contributed by atoms with Crippen molar-refractivity contribution in [2.45, 2.75) is 6.92 Å². The van der Waals surface area contributed by atoms with Crippen LogP contribution in [0.1, 0.15) is 15.9 Å². The Bertz CT molecular complexity index is 620. The lowest BCUT2D eigenvalue weighted by atomic mass is 10.1. The fourth-order valence-electron chi connectivity index (χ4n) is 1.69. The summed E-state index contributed by atoms with van der Waals surface area (Å²) < 4.78 is 0. The molecule has 2 rings (SSSR count). The highest BCUT2D eigenvalue weighted by Crippen LogP contribution is 2.30. The van der Waals surface area contributed by atoms with E-state index in [1.165, 1.54) is 18.2 Å². The van der Waals surface area contributed by atoms with E-state index in [1.807, 2.05) is 13.0 Å². The monoisotopic (exact) mass is 277 g/mol. The number of aryl methyl sites for hydroxylation is 1. The first-order valence-electron chi connectivity index (χ1n) is 5.58. The first-order valence-corrected chi connectivity index (χ1v) is 5.96. The zero-order valence-electron chi connectivity index (χ0n) is 10.1. The Kier molecular flexibility index (Phi) is 3.62. The van der Waals surface area contributed by atoms with Crippen molar-refractivity contribution in [2.75, 3.05) is 5.32 Å². The maximum absolute atomic E-state index is 12.1. The predicted octanol–water partition coefficient (Wildman–Crippen LogP) is 3.31. The number of hydrogen-bond acceptors (Lipinski definition) is 3. The Morgan fingerprint density at radius 1 is 1.16 bits per heavy atom. The molecule has 0 saturated heterocycles. The molecule has 0 unspecified atom stereocenters. The lowest BCUT2D eigenvalue weighted by Crippen LogP contribution is -2.13. The maximum Gasteiger partial charge on any atom is 0.259 e. The number of rotatable bonds is 2.